The quantitative estimate of drug-likeness (QED) is 0.838. The first kappa shape index (κ1) is 18.5. The van der Waals surface area contributed by atoms with E-state index < -0.39 is 0 Å². The summed E-state index contributed by atoms with van der Waals surface area (Å²) in [6, 6.07) is 15.9. The molecule has 1 aliphatic rings. The van der Waals surface area contributed by atoms with Gasteiger partial charge in [0.25, 0.3) is 0 Å². The van der Waals surface area contributed by atoms with Crippen LogP contribution in [0, 0.1) is 5.92 Å². The van der Waals surface area contributed by atoms with Gasteiger partial charge in [-0.05, 0) is 35.7 Å². The normalized spacial score (nSPS) is 17.0. The highest BCUT2D eigenvalue weighted by atomic mass is 32.2. The lowest BCUT2D eigenvalue weighted by Crippen LogP contribution is -2.28. The van der Waals surface area contributed by atoms with E-state index in [1.54, 1.807) is 11.8 Å². The van der Waals surface area contributed by atoms with Crippen LogP contribution in [0.5, 0.6) is 0 Å². The van der Waals surface area contributed by atoms with E-state index in [1.807, 2.05) is 61.2 Å². The van der Waals surface area contributed by atoms with Crippen LogP contribution in [0.2, 0.25) is 0 Å². The molecule has 26 heavy (non-hydrogen) atoms. The standard InChI is InChI=1S/C21H24N2O2S/c1-4-15-8-5-6-11-18(15)23-19(24)13-26-21(23)16-9-7-10-17(12-16)22-20(25)14(2)3/h5-12,14,21H,4,13H2,1-3H3,(H,22,25). The number of benzene rings is 2. The van der Waals surface area contributed by atoms with E-state index in [0.29, 0.717) is 5.75 Å². The molecule has 1 unspecified atom stereocenters. The maximum atomic E-state index is 12.6. The average Bonchev–Trinajstić information content (AvgIpc) is 3.03. The molecule has 1 saturated heterocycles. The number of amides is 2. The Morgan fingerprint density at radius 3 is 2.73 bits per heavy atom. The van der Waals surface area contributed by atoms with Crippen molar-refractivity contribution in [3.8, 4) is 0 Å². The lowest BCUT2D eigenvalue weighted by Gasteiger charge is -2.26. The Hall–Kier alpha value is -2.27. The van der Waals surface area contributed by atoms with Crippen molar-refractivity contribution >= 4 is 35.0 Å². The van der Waals surface area contributed by atoms with Crippen molar-refractivity contribution in [2.24, 2.45) is 5.92 Å². The first-order chi connectivity index (χ1) is 12.5. The molecule has 2 aromatic carbocycles. The van der Waals surface area contributed by atoms with Gasteiger partial charge in [0, 0.05) is 17.3 Å². The number of carbonyl (C=O) groups is 2. The summed E-state index contributed by atoms with van der Waals surface area (Å²) in [5.41, 5.74) is 3.93. The summed E-state index contributed by atoms with van der Waals surface area (Å²) in [6.07, 6.45) is 0.877. The molecule has 0 saturated carbocycles. The Kier molecular flexibility index (Phi) is 5.67. The Bertz CT molecular complexity index is 819. The Morgan fingerprint density at radius 2 is 2.00 bits per heavy atom. The van der Waals surface area contributed by atoms with Gasteiger partial charge >= 0.3 is 0 Å². The molecule has 1 N–H and O–H groups in total. The van der Waals surface area contributed by atoms with E-state index in [4.69, 9.17) is 0 Å². The molecule has 0 bridgehead atoms. The lowest BCUT2D eigenvalue weighted by molar-refractivity contribution is -0.119. The molecule has 1 atom stereocenters. The highest BCUT2D eigenvalue weighted by molar-refractivity contribution is 8.00. The molecule has 5 heteroatoms. The predicted molar refractivity (Wildman–Crippen MR) is 108 cm³/mol. The zero-order chi connectivity index (χ0) is 18.7. The number of hydrogen-bond donors (Lipinski definition) is 1. The maximum Gasteiger partial charge on any atom is 0.238 e. The van der Waals surface area contributed by atoms with Crippen molar-refractivity contribution in [2.45, 2.75) is 32.6 Å². The lowest BCUT2D eigenvalue weighted by atomic mass is 10.1. The molecule has 0 aliphatic carbocycles. The molecule has 3 rings (SSSR count). The molecular formula is C21H24N2O2S. The van der Waals surface area contributed by atoms with E-state index in [0.717, 1.165) is 28.9 Å². The zero-order valence-electron chi connectivity index (χ0n) is 15.4. The first-order valence-electron chi connectivity index (χ1n) is 8.93. The molecule has 0 spiro atoms. The maximum absolute atomic E-state index is 12.6. The minimum absolute atomic E-state index is 0.00881. The van der Waals surface area contributed by atoms with Crippen molar-refractivity contribution in [1.29, 1.82) is 0 Å². The Labute approximate surface area is 159 Å². The topological polar surface area (TPSA) is 49.4 Å². The Balaban J connectivity index is 1.93. The molecule has 2 aromatic rings. The molecular weight excluding hydrogens is 344 g/mol. The van der Waals surface area contributed by atoms with Crippen molar-refractivity contribution in [3.05, 3.63) is 59.7 Å². The van der Waals surface area contributed by atoms with Gasteiger partial charge in [-0.2, -0.15) is 0 Å². The summed E-state index contributed by atoms with van der Waals surface area (Å²) < 4.78 is 0. The van der Waals surface area contributed by atoms with E-state index in [9.17, 15) is 9.59 Å². The van der Waals surface area contributed by atoms with Crippen LogP contribution in [0.4, 0.5) is 11.4 Å². The summed E-state index contributed by atoms with van der Waals surface area (Å²) in [5.74, 6) is 0.502. The molecule has 0 radical (unpaired) electrons. The fraction of sp³-hybridized carbons (Fsp3) is 0.333. The summed E-state index contributed by atoms with van der Waals surface area (Å²) in [4.78, 5) is 26.5. The Morgan fingerprint density at radius 1 is 1.23 bits per heavy atom. The first-order valence-corrected chi connectivity index (χ1v) is 9.98. The van der Waals surface area contributed by atoms with E-state index in [2.05, 4.69) is 18.3 Å². The molecule has 4 nitrogen and oxygen atoms in total. The fourth-order valence-corrected chi connectivity index (χ4v) is 4.19. The van der Waals surface area contributed by atoms with Crippen LogP contribution in [0.3, 0.4) is 0 Å². The average molecular weight is 369 g/mol. The van der Waals surface area contributed by atoms with Crippen LogP contribution < -0.4 is 10.2 Å². The van der Waals surface area contributed by atoms with Crippen LogP contribution in [0.15, 0.2) is 48.5 Å². The highest BCUT2D eigenvalue weighted by Gasteiger charge is 2.35. The van der Waals surface area contributed by atoms with Gasteiger partial charge in [0.15, 0.2) is 0 Å². The third-order valence-electron chi connectivity index (χ3n) is 4.46. The monoisotopic (exact) mass is 368 g/mol. The number of rotatable bonds is 5. The number of aryl methyl sites for hydroxylation is 1. The molecule has 0 aromatic heterocycles. The van der Waals surface area contributed by atoms with Crippen LogP contribution in [0.25, 0.3) is 0 Å². The zero-order valence-corrected chi connectivity index (χ0v) is 16.2. The van der Waals surface area contributed by atoms with Crippen molar-refractivity contribution in [1.82, 2.24) is 0 Å². The molecule has 136 valence electrons. The number of hydrogen-bond acceptors (Lipinski definition) is 3. The van der Waals surface area contributed by atoms with Gasteiger partial charge < -0.3 is 5.32 Å². The largest absolute Gasteiger partial charge is 0.326 e. The van der Waals surface area contributed by atoms with Gasteiger partial charge in [0.2, 0.25) is 11.8 Å². The molecule has 1 heterocycles. The number of thioether (sulfide) groups is 1. The SMILES string of the molecule is CCc1ccccc1N1C(=O)CSC1c1cccc(NC(=O)C(C)C)c1. The van der Waals surface area contributed by atoms with E-state index >= 15 is 0 Å². The number of para-hydroxylation sites is 1. The number of nitrogens with one attached hydrogen (secondary N) is 1. The summed E-state index contributed by atoms with van der Waals surface area (Å²) in [6.45, 7) is 5.84. The van der Waals surface area contributed by atoms with Gasteiger partial charge in [-0.15, -0.1) is 11.8 Å². The van der Waals surface area contributed by atoms with Crippen molar-refractivity contribution < 1.29 is 9.59 Å². The van der Waals surface area contributed by atoms with Gasteiger partial charge in [-0.1, -0.05) is 51.1 Å². The van der Waals surface area contributed by atoms with Crippen LogP contribution >= 0.6 is 11.8 Å². The third-order valence-corrected chi connectivity index (χ3v) is 5.68. The third kappa shape index (κ3) is 3.78. The second-order valence-electron chi connectivity index (χ2n) is 6.68. The number of anilines is 2. The van der Waals surface area contributed by atoms with Crippen LogP contribution in [0.1, 0.15) is 37.3 Å². The van der Waals surface area contributed by atoms with E-state index in [-0.39, 0.29) is 23.1 Å². The molecule has 1 aliphatic heterocycles. The smallest absolute Gasteiger partial charge is 0.238 e. The summed E-state index contributed by atoms with van der Waals surface area (Å²) in [7, 11) is 0. The minimum atomic E-state index is -0.0777. The van der Waals surface area contributed by atoms with Crippen LogP contribution in [-0.4, -0.2) is 17.6 Å². The van der Waals surface area contributed by atoms with Crippen molar-refractivity contribution in [2.75, 3.05) is 16.0 Å². The number of nitrogens with zero attached hydrogens (tertiary/aromatic N) is 1. The second kappa shape index (κ2) is 7.96. The van der Waals surface area contributed by atoms with Gasteiger partial charge in [0.05, 0.1) is 5.75 Å². The van der Waals surface area contributed by atoms with Crippen LogP contribution in [-0.2, 0) is 16.0 Å². The van der Waals surface area contributed by atoms with Crippen molar-refractivity contribution in [3.63, 3.8) is 0 Å². The number of carbonyl (C=O) groups excluding carboxylic acids is 2. The van der Waals surface area contributed by atoms with Gasteiger partial charge in [-0.3, -0.25) is 14.5 Å². The van der Waals surface area contributed by atoms with Gasteiger partial charge in [0.1, 0.15) is 5.37 Å². The highest BCUT2D eigenvalue weighted by Crippen LogP contribution is 2.43. The predicted octanol–water partition coefficient (Wildman–Crippen LogP) is 4.62. The van der Waals surface area contributed by atoms with Gasteiger partial charge in [-0.25, -0.2) is 0 Å². The second-order valence-corrected chi connectivity index (χ2v) is 7.75. The summed E-state index contributed by atoms with van der Waals surface area (Å²) in [5, 5.41) is 2.86. The molecule has 1 fully saturated rings. The summed E-state index contributed by atoms with van der Waals surface area (Å²) >= 11 is 1.62. The van der Waals surface area contributed by atoms with E-state index in [1.165, 1.54) is 0 Å². The minimum Gasteiger partial charge on any atom is -0.326 e. The fourth-order valence-electron chi connectivity index (χ4n) is 3.03. The molecule has 2 amide bonds.